The minimum atomic E-state index is 1.00. The van der Waals surface area contributed by atoms with Crippen molar-refractivity contribution in [1.82, 2.24) is 9.55 Å². The number of hydrogen-bond donors (Lipinski definition) is 0. The number of nitrogens with zero attached hydrogens (tertiary/aromatic N) is 2. The molecule has 0 spiro atoms. The SMILES string of the molecule is CCCc1cccc(CCC)c1-n1c(-c2cccc(Br)c2)nc2ccccc21. The van der Waals surface area contributed by atoms with Crippen LogP contribution in [0.3, 0.4) is 0 Å². The van der Waals surface area contributed by atoms with E-state index >= 15 is 0 Å². The number of halogens is 1. The Hall–Kier alpha value is -2.39. The topological polar surface area (TPSA) is 17.8 Å². The number of para-hydroxylation sites is 3. The second-order valence-electron chi connectivity index (χ2n) is 7.19. The van der Waals surface area contributed by atoms with Crippen LogP contribution in [0.4, 0.5) is 0 Å². The first-order valence-corrected chi connectivity index (χ1v) is 10.9. The first kappa shape index (κ1) is 18.9. The minimum Gasteiger partial charge on any atom is -0.292 e. The number of rotatable bonds is 6. The van der Waals surface area contributed by atoms with Gasteiger partial charge in [0, 0.05) is 10.0 Å². The van der Waals surface area contributed by atoms with Crippen LogP contribution in [0.15, 0.2) is 71.2 Å². The van der Waals surface area contributed by atoms with Crippen LogP contribution in [0.25, 0.3) is 28.1 Å². The van der Waals surface area contributed by atoms with Crippen molar-refractivity contribution in [3.63, 3.8) is 0 Å². The first-order chi connectivity index (χ1) is 13.7. The molecule has 0 aliphatic carbocycles. The Morgan fingerprint density at radius 2 is 1.50 bits per heavy atom. The van der Waals surface area contributed by atoms with Crippen molar-refractivity contribution in [2.75, 3.05) is 0 Å². The van der Waals surface area contributed by atoms with Gasteiger partial charge in [-0.25, -0.2) is 4.98 Å². The van der Waals surface area contributed by atoms with E-state index in [9.17, 15) is 0 Å². The van der Waals surface area contributed by atoms with Gasteiger partial charge in [-0.05, 0) is 48.2 Å². The lowest BCUT2D eigenvalue weighted by molar-refractivity contribution is 0.869. The zero-order chi connectivity index (χ0) is 19.5. The van der Waals surface area contributed by atoms with Gasteiger partial charge in [-0.15, -0.1) is 0 Å². The first-order valence-electron chi connectivity index (χ1n) is 10.1. The van der Waals surface area contributed by atoms with Crippen molar-refractivity contribution in [3.05, 3.63) is 82.3 Å². The van der Waals surface area contributed by atoms with E-state index in [2.05, 4.69) is 101 Å². The van der Waals surface area contributed by atoms with Gasteiger partial charge in [0.1, 0.15) is 5.82 Å². The van der Waals surface area contributed by atoms with Crippen LogP contribution in [-0.4, -0.2) is 9.55 Å². The van der Waals surface area contributed by atoms with Crippen molar-refractivity contribution in [2.24, 2.45) is 0 Å². The normalized spacial score (nSPS) is 11.2. The van der Waals surface area contributed by atoms with Crippen LogP contribution < -0.4 is 0 Å². The molecule has 0 saturated heterocycles. The second kappa shape index (κ2) is 8.32. The highest BCUT2D eigenvalue weighted by molar-refractivity contribution is 9.10. The van der Waals surface area contributed by atoms with E-state index in [0.717, 1.165) is 47.1 Å². The zero-order valence-corrected chi connectivity index (χ0v) is 18.0. The molecule has 0 unspecified atom stereocenters. The Morgan fingerprint density at radius 1 is 0.821 bits per heavy atom. The Labute approximate surface area is 175 Å². The van der Waals surface area contributed by atoms with Crippen LogP contribution in [-0.2, 0) is 12.8 Å². The Balaban J connectivity index is 2.08. The molecule has 0 saturated carbocycles. The molecule has 28 heavy (non-hydrogen) atoms. The lowest BCUT2D eigenvalue weighted by atomic mass is 9.99. The Bertz CT molecular complexity index is 1090. The Kier molecular flexibility index (Phi) is 5.63. The molecule has 0 aliphatic heterocycles. The number of fused-ring (bicyclic) bond motifs is 1. The lowest BCUT2D eigenvalue weighted by Gasteiger charge is -2.19. The van der Waals surface area contributed by atoms with Crippen LogP contribution in [0, 0.1) is 0 Å². The monoisotopic (exact) mass is 432 g/mol. The molecule has 1 aromatic heterocycles. The molecular weight excluding hydrogens is 408 g/mol. The molecule has 0 fully saturated rings. The van der Waals surface area contributed by atoms with Crippen molar-refractivity contribution in [1.29, 1.82) is 0 Å². The molecule has 4 aromatic rings. The summed E-state index contributed by atoms with van der Waals surface area (Å²) in [5.41, 5.74) is 7.43. The molecule has 142 valence electrons. The summed E-state index contributed by atoms with van der Waals surface area (Å²) in [7, 11) is 0. The summed E-state index contributed by atoms with van der Waals surface area (Å²) in [4.78, 5) is 5.05. The van der Waals surface area contributed by atoms with Crippen molar-refractivity contribution in [3.8, 4) is 17.1 Å². The number of hydrogen-bond acceptors (Lipinski definition) is 1. The predicted octanol–water partition coefficient (Wildman–Crippen LogP) is 7.36. The fraction of sp³-hybridized carbons (Fsp3) is 0.240. The largest absolute Gasteiger partial charge is 0.292 e. The van der Waals surface area contributed by atoms with Gasteiger partial charge < -0.3 is 0 Å². The molecule has 0 bridgehead atoms. The standard InChI is InChI=1S/C25H25BrN2/c1-3-9-18-11-7-12-19(10-4-2)24(18)28-23-16-6-5-15-22(23)27-25(28)20-13-8-14-21(26)17-20/h5-8,11-17H,3-4,9-10H2,1-2H3. The number of aryl methyl sites for hydroxylation is 2. The van der Waals surface area contributed by atoms with Gasteiger partial charge >= 0.3 is 0 Å². The van der Waals surface area contributed by atoms with Crippen LogP contribution in [0.5, 0.6) is 0 Å². The van der Waals surface area contributed by atoms with Crippen molar-refractivity contribution < 1.29 is 0 Å². The van der Waals surface area contributed by atoms with E-state index in [-0.39, 0.29) is 0 Å². The van der Waals surface area contributed by atoms with Crippen molar-refractivity contribution in [2.45, 2.75) is 39.5 Å². The molecule has 1 heterocycles. The fourth-order valence-electron chi connectivity index (χ4n) is 3.95. The van der Waals surface area contributed by atoms with Crippen LogP contribution in [0.2, 0.25) is 0 Å². The smallest absolute Gasteiger partial charge is 0.145 e. The molecule has 3 aromatic carbocycles. The number of imidazole rings is 1. The average Bonchev–Trinajstić information content (AvgIpc) is 3.08. The van der Waals surface area contributed by atoms with E-state index in [4.69, 9.17) is 4.98 Å². The summed E-state index contributed by atoms with van der Waals surface area (Å²) >= 11 is 3.63. The summed E-state index contributed by atoms with van der Waals surface area (Å²) in [5.74, 6) is 1.00. The van der Waals surface area contributed by atoms with E-state index in [1.807, 2.05) is 0 Å². The molecule has 0 radical (unpaired) electrons. The fourth-order valence-corrected chi connectivity index (χ4v) is 4.35. The lowest BCUT2D eigenvalue weighted by Crippen LogP contribution is -2.06. The number of aromatic nitrogens is 2. The third-order valence-electron chi connectivity index (χ3n) is 5.11. The summed E-state index contributed by atoms with van der Waals surface area (Å²) in [6.45, 7) is 4.50. The molecule has 0 amide bonds. The highest BCUT2D eigenvalue weighted by atomic mass is 79.9. The van der Waals surface area contributed by atoms with Gasteiger partial charge in [0.2, 0.25) is 0 Å². The van der Waals surface area contributed by atoms with Gasteiger partial charge in [0.15, 0.2) is 0 Å². The highest BCUT2D eigenvalue weighted by Crippen LogP contribution is 2.33. The summed E-state index contributed by atoms with van der Waals surface area (Å²) < 4.78 is 3.45. The summed E-state index contributed by atoms with van der Waals surface area (Å²) in [6.07, 6.45) is 4.39. The maximum atomic E-state index is 5.05. The van der Waals surface area contributed by atoms with Gasteiger partial charge in [-0.2, -0.15) is 0 Å². The van der Waals surface area contributed by atoms with Gasteiger partial charge in [-0.1, -0.05) is 85.1 Å². The molecule has 0 atom stereocenters. The van der Waals surface area contributed by atoms with E-state index in [1.54, 1.807) is 0 Å². The number of benzene rings is 3. The quantitative estimate of drug-likeness (QED) is 0.311. The second-order valence-corrected chi connectivity index (χ2v) is 8.11. The van der Waals surface area contributed by atoms with E-state index in [0.29, 0.717) is 0 Å². The average molecular weight is 433 g/mol. The van der Waals surface area contributed by atoms with Crippen molar-refractivity contribution >= 4 is 27.0 Å². The maximum absolute atomic E-state index is 5.05. The third kappa shape index (κ3) is 3.51. The Morgan fingerprint density at radius 3 is 2.18 bits per heavy atom. The van der Waals surface area contributed by atoms with E-state index < -0.39 is 0 Å². The van der Waals surface area contributed by atoms with Crippen LogP contribution in [0.1, 0.15) is 37.8 Å². The van der Waals surface area contributed by atoms with Crippen LogP contribution >= 0.6 is 15.9 Å². The highest BCUT2D eigenvalue weighted by Gasteiger charge is 2.19. The van der Waals surface area contributed by atoms with Gasteiger partial charge in [0.25, 0.3) is 0 Å². The zero-order valence-electron chi connectivity index (χ0n) is 16.5. The summed E-state index contributed by atoms with van der Waals surface area (Å²) in [5, 5.41) is 0. The maximum Gasteiger partial charge on any atom is 0.145 e. The van der Waals surface area contributed by atoms with Gasteiger partial charge in [-0.3, -0.25) is 4.57 Å². The molecular formula is C25H25BrN2. The minimum absolute atomic E-state index is 1.00. The predicted molar refractivity (Wildman–Crippen MR) is 122 cm³/mol. The summed E-state index contributed by atoms with van der Waals surface area (Å²) in [6, 6.07) is 23.6. The van der Waals surface area contributed by atoms with Gasteiger partial charge in [0.05, 0.1) is 16.7 Å². The molecule has 0 N–H and O–H groups in total. The molecule has 0 aliphatic rings. The van der Waals surface area contributed by atoms with E-state index in [1.165, 1.54) is 22.3 Å². The molecule has 3 heteroatoms. The third-order valence-corrected chi connectivity index (χ3v) is 5.60. The molecule has 2 nitrogen and oxygen atoms in total. The molecule has 4 rings (SSSR count).